The average Bonchev–Trinajstić information content (AvgIpc) is 2.72. The van der Waals surface area contributed by atoms with E-state index in [0.29, 0.717) is 18.4 Å². The van der Waals surface area contributed by atoms with Gasteiger partial charge in [-0.05, 0) is 62.1 Å². The Morgan fingerprint density at radius 2 is 1.61 bits per heavy atom. The van der Waals surface area contributed by atoms with Crippen molar-refractivity contribution >= 4 is 15.9 Å². The summed E-state index contributed by atoms with van der Waals surface area (Å²) < 4.78 is 24.2. The number of aliphatic hydroxyl groups is 1. The smallest absolute Gasteiger partial charge is 0.266 e. The van der Waals surface area contributed by atoms with Crippen molar-refractivity contribution in [1.82, 2.24) is 10.3 Å². The van der Waals surface area contributed by atoms with Crippen LogP contribution < -0.4 is 10.3 Å². The molecule has 0 aromatic heterocycles. The molecule has 1 fully saturated rings. The molecule has 0 aliphatic heterocycles. The Morgan fingerprint density at radius 3 is 2.25 bits per heavy atom. The van der Waals surface area contributed by atoms with Crippen LogP contribution in [0.4, 0.5) is 0 Å². The van der Waals surface area contributed by atoms with Gasteiger partial charge >= 0.3 is 0 Å². The summed E-state index contributed by atoms with van der Waals surface area (Å²) in [5.41, 5.74) is 2.24. The normalized spacial score (nSPS) is 15.9. The molecule has 0 saturated heterocycles. The molecule has 2 aromatic carbocycles. The van der Waals surface area contributed by atoms with Gasteiger partial charge in [-0.15, -0.1) is 4.83 Å². The molecule has 1 saturated carbocycles. The topological polar surface area (TPSA) is 95.5 Å². The molecule has 1 aliphatic carbocycles. The van der Waals surface area contributed by atoms with Crippen LogP contribution in [0, 0.1) is 11.8 Å². The maximum Gasteiger partial charge on any atom is 0.266 e. The maximum atomic E-state index is 12.2. The molecule has 0 radical (unpaired) electrons. The molecule has 2 aromatic rings. The lowest BCUT2D eigenvalue weighted by atomic mass is 9.85. The SMILES string of the molecule is O=C(NNS(=O)(=O)c1ccccc1)c1ccc(C#CC2(O)CCCCC2)cc1. The Hall–Kier alpha value is -2.66. The number of sulfonamides is 1. The lowest BCUT2D eigenvalue weighted by molar-refractivity contribution is 0.0610. The first-order valence-electron chi connectivity index (χ1n) is 9.11. The molecule has 0 bridgehead atoms. The zero-order valence-corrected chi connectivity index (χ0v) is 16.1. The summed E-state index contributed by atoms with van der Waals surface area (Å²) in [4.78, 5) is 14.3. The summed E-state index contributed by atoms with van der Waals surface area (Å²) in [6.07, 6.45) is 4.44. The second-order valence-electron chi connectivity index (χ2n) is 6.79. The van der Waals surface area contributed by atoms with Crippen LogP contribution in [-0.4, -0.2) is 25.0 Å². The van der Waals surface area contributed by atoms with E-state index in [2.05, 4.69) is 22.1 Å². The van der Waals surface area contributed by atoms with Crippen molar-refractivity contribution in [1.29, 1.82) is 0 Å². The van der Waals surface area contributed by atoms with Crippen LogP contribution in [0.15, 0.2) is 59.5 Å². The Bertz CT molecular complexity index is 984. The number of nitrogens with one attached hydrogen (secondary N) is 2. The van der Waals surface area contributed by atoms with Crippen molar-refractivity contribution < 1.29 is 18.3 Å². The quantitative estimate of drug-likeness (QED) is 0.544. The van der Waals surface area contributed by atoms with E-state index in [1.54, 1.807) is 42.5 Å². The first-order valence-corrected chi connectivity index (χ1v) is 10.6. The first-order chi connectivity index (χ1) is 13.4. The fraction of sp³-hybridized carbons (Fsp3) is 0.286. The highest BCUT2D eigenvalue weighted by Crippen LogP contribution is 2.27. The number of hydrogen-bond donors (Lipinski definition) is 3. The molecule has 3 rings (SSSR count). The number of hydrazine groups is 1. The highest BCUT2D eigenvalue weighted by molar-refractivity contribution is 7.89. The number of carbonyl (C=O) groups excluding carboxylic acids is 1. The van der Waals surface area contributed by atoms with Gasteiger partial charge in [-0.3, -0.25) is 10.2 Å². The minimum atomic E-state index is -3.83. The van der Waals surface area contributed by atoms with Gasteiger partial charge in [0.25, 0.3) is 15.9 Å². The summed E-state index contributed by atoms with van der Waals surface area (Å²) in [6, 6.07) is 14.2. The van der Waals surface area contributed by atoms with E-state index in [1.807, 2.05) is 0 Å². The van der Waals surface area contributed by atoms with Gasteiger partial charge < -0.3 is 5.11 Å². The fourth-order valence-electron chi connectivity index (χ4n) is 3.00. The fourth-order valence-corrected chi connectivity index (χ4v) is 3.86. The van der Waals surface area contributed by atoms with Crippen molar-refractivity contribution in [3.05, 3.63) is 65.7 Å². The van der Waals surface area contributed by atoms with E-state index in [1.165, 1.54) is 12.1 Å². The van der Waals surface area contributed by atoms with E-state index in [-0.39, 0.29) is 10.5 Å². The lowest BCUT2D eigenvalue weighted by Crippen LogP contribution is -2.41. The highest BCUT2D eigenvalue weighted by Gasteiger charge is 2.26. The molecule has 0 heterocycles. The van der Waals surface area contributed by atoms with Crippen molar-refractivity contribution in [3.8, 4) is 11.8 Å². The van der Waals surface area contributed by atoms with Gasteiger partial charge in [0, 0.05) is 11.1 Å². The zero-order valence-electron chi connectivity index (χ0n) is 15.3. The van der Waals surface area contributed by atoms with Crippen molar-refractivity contribution in [2.24, 2.45) is 0 Å². The van der Waals surface area contributed by atoms with E-state index in [9.17, 15) is 18.3 Å². The highest BCUT2D eigenvalue weighted by atomic mass is 32.2. The molecular formula is C21H22N2O4S. The summed E-state index contributed by atoms with van der Waals surface area (Å²) in [5, 5.41) is 10.4. The molecule has 28 heavy (non-hydrogen) atoms. The van der Waals surface area contributed by atoms with Gasteiger partial charge in [0.05, 0.1) is 4.90 Å². The Labute approximate surface area is 165 Å². The predicted octanol–water partition coefficient (Wildman–Crippen LogP) is 2.36. The predicted molar refractivity (Wildman–Crippen MR) is 106 cm³/mol. The van der Waals surface area contributed by atoms with Gasteiger partial charge in [0.1, 0.15) is 5.60 Å². The standard InChI is InChI=1S/C21H22N2O4S/c24-20(22-23-28(26,27)19-7-3-1-4-8-19)18-11-9-17(10-12-18)13-16-21(25)14-5-2-6-15-21/h1,3-4,7-12,23,25H,2,5-6,14-15H2,(H,22,24). The first kappa shape index (κ1) is 20.1. The number of hydrogen-bond acceptors (Lipinski definition) is 4. The molecule has 1 amide bonds. The van der Waals surface area contributed by atoms with Crippen LogP contribution >= 0.6 is 0 Å². The molecule has 7 heteroatoms. The maximum absolute atomic E-state index is 12.2. The van der Waals surface area contributed by atoms with E-state index >= 15 is 0 Å². The number of benzene rings is 2. The Kier molecular flexibility index (Phi) is 6.15. The van der Waals surface area contributed by atoms with Crippen LogP contribution in [0.25, 0.3) is 0 Å². The second kappa shape index (κ2) is 8.57. The van der Waals surface area contributed by atoms with E-state index < -0.39 is 21.5 Å². The Morgan fingerprint density at radius 1 is 0.964 bits per heavy atom. The van der Waals surface area contributed by atoms with Crippen molar-refractivity contribution in [2.45, 2.75) is 42.6 Å². The van der Waals surface area contributed by atoms with Gasteiger partial charge in [-0.25, -0.2) is 8.42 Å². The Balaban J connectivity index is 1.61. The zero-order chi connectivity index (χ0) is 20.0. The summed E-state index contributed by atoms with van der Waals surface area (Å²) in [5.74, 6) is 5.32. The lowest BCUT2D eigenvalue weighted by Gasteiger charge is -2.26. The van der Waals surface area contributed by atoms with Gasteiger partial charge in [-0.1, -0.05) is 36.5 Å². The van der Waals surface area contributed by atoms with Crippen LogP contribution in [0.5, 0.6) is 0 Å². The summed E-state index contributed by atoms with van der Waals surface area (Å²) in [6.45, 7) is 0. The molecule has 146 valence electrons. The van der Waals surface area contributed by atoms with Crippen molar-refractivity contribution in [2.75, 3.05) is 0 Å². The van der Waals surface area contributed by atoms with Crippen LogP contribution in [0.1, 0.15) is 48.0 Å². The minimum absolute atomic E-state index is 0.0570. The number of rotatable bonds is 4. The molecule has 1 aliphatic rings. The second-order valence-corrected chi connectivity index (χ2v) is 8.47. The van der Waals surface area contributed by atoms with E-state index in [4.69, 9.17) is 0 Å². The molecule has 3 N–H and O–H groups in total. The largest absolute Gasteiger partial charge is 0.378 e. The van der Waals surface area contributed by atoms with Gasteiger partial charge in [0.2, 0.25) is 0 Å². The molecular weight excluding hydrogens is 376 g/mol. The van der Waals surface area contributed by atoms with Crippen LogP contribution in [-0.2, 0) is 10.0 Å². The van der Waals surface area contributed by atoms with Crippen LogP contribution in [0.2, 0.25) is 0 Å². The monoisotopic (exact) mass is 398 g/mol. The van der Waals surface area contributed by atoms with E-state index in [0.717, 1.165) is 19.3 Å². The molecule has 6 nitrogen and oxygen atoms in total. The molecule has 0 unspecified atom stereocenters. The number of amides is 1. The average molecular weight is 398 g/mol. The van der Waals surface area contributed by atoms with Crippen molar-refractivity contribution in [3.63, 3.8) is 0 Å². The van der Waals surface area contributed by atoms with Gasteiger partial charge in [-0.2, -0.15) is 0 Å². The third kappa shape index (κ3) is 5.20. The molecule has 0 atom stereocenters. The summed E-state index contributed by atoms with van der Waals surface area (Å²) in [7, 11) is -3.83. The third-order valence-electron chi connectivity index (χ3n) is 4.62. The third-order valence-corrected chi connectivity index (χ3v) is 5.88. The van der Waals surface area contributed by atoms with Gasteiger partial charge in [0.15, 0.2) is 0 Å². The molecule has 0 spiro atoms. The number of carbonyl (C=O) groups is 1. The van der Waals surface area contributed by atoms with Crippen LogP contribution in [0.3, 0.4) is 0 Å². The minimum Gasteiger partial charge on any atom is -0.378 e. The summed E-state index contributed by atoms with van der Waals surface area (Å²) >= 11 is 0.